The number of aliphatic hydroxyl groups is 1. The number of hydrogen-bond acceptors (Lipinski definition) is 6. The van der Waals surface area contributed by atoms with Crippen molar-refractivity contribution in [3.63, 3.8) is 0 Å². The van der Waals surface area contributed by atoms with Gasteiger partial charge >= 0.3 is 0 Å². The maximum absolute atomic E-state index is 14.3. The molecule has 4 atom stereocenters. The summed E-state index contributed by atoms with van der Waals surface area (Å²) in [5.41, 5.74) is 4.40. The molecule has 8 nitrogen and oxygen atoms in total. The van der Waals surface area contributed by atoms with E-state index in [-0.39, 0.29) is 13.0 Å². The molecule has 250 valence electrons. The summed E-state index contributed by atoms with van der Waals surface area (Å²) in [7, 11) is 1.50. The monoisotopic (exact) mass is 712 g/mol. The van der Waals surface area contributed by atoms with Gasteiger partial charge in [-0.25, -0.2) is 0 Å². The second-order valence-electron chi connectivity index (χ2n) is 12.9. The number of hydrogen-bond donors (Lipinski definition) is 3. The van der Waals surface area contributed by atoms with E-state index in [1.807, 2.05) is 88.4 Å². The highest BCUT2D eigenvalue weighted by atomic mass is 79.9. The molecule has 5 rings (SSSR count). The molecule has 0 radical (unpaired) electrons. The summed E-state index contributed by atoms with van der Waals surface area (Å²) in [6, 6.07) is 24.3. The largest absolute Gasteiger partial charge is 0.493 e. The van der Waals surface area contributed by atoms with Crippen LogP contribution in [0.4, 0.5) is 11.4 Å². The molecular weight excluding hydrogens is 672 g/mol. The van der Waals surface area contributed by atoms with E-state index in [2.05, 4.69) is 26.6 Å². The molecule has 1 fully saturated rings. The fraction of sp³-hybridized carbons (Fsp3) is 0.308. The minimum absolute atomic E-state index is 0.271. The highest BCUT2D eigenvalue weighted by molar-refractivity contribution is 9.10. The van der Waals surface area contributed by atoms with Crippen molar-refractivity contribution in [1.29, 1.82) is 0 Å². The number of benzene rings is 4. The molecule has 0 heterocycles. The van der Waals surface area contributed by atoms with Crippen LogP contribution in [0.2, 0.25) is 0 Å². The van der Waals surface area contributed by atoms with Gasteiger partial charge in [-0.3, -0.25) is 14.4 Å². The van der Waals surface area contributed by atoms with Crippen LogP contribution < -0.4 is 20.1 Å². The smallest absolute Gasteiger partial charge is 0.235 e. The molecule has 1 aliphatic carbocycles. The van der Waals surface area contributed by atoms with Crippen molar-refractivity contribution in [1.82, 2.24) is 0 Å². The Balaban J connectivity index is 1.58. The second-order valence-corrected chi connectivity index (χ2v) is 13.8. The van der Waals surface area contributed by atoms with Crippen LogP contribution in [0, 0.1) is 39.5 Å². The number of methoxy groups -OCH3 is 1. The van der Waals surface area contributed by atoms with Gasteiger partial charge in [0.2, 0.25) is 11.8 Å². The molecule has 2 amide bonds. The zero-order chi connectivity index (χ0) is 34.7. The van der Waals surface area contributed by atoms with Crippen LogP contribution in [-0.4, -0.2) is 35.4 Å². The van der Waals surface area contributed by atoms with Crippen LogP contribution in [0.15, 0.2) is 83.3 Å². The Morgan fingerprint density at radius 1 is 0.854 bits per heavy atom. The number of amides is 2. The molecule has 1 aliphatic rings. The average Bonchev–Trinajstić information content (AvgIpc) is 3.02. The normalized spacial score (nSPS) is 20.6. The third-order valence-corrected chi connectivity index (χ3v) is 9.48. The Labute approximate surface area is 290 Å². The van der Waals surface area contributed by atoms with Gasteiger partial charge in [0.25, 0.3) is 0 Å². The Morgan fingerprint density at radius 2 is 1.48 bits per heavy atom. The maximum Gasteiger partial charge on any atom is 0.235 e. The number of nitrogens with one attached hydrogen (secondary N) is 2. The van der Waals surface area contributed by atoms with Gasteiger partial charge in [0.05, 0.1) is 18.6 Å². The predicted octanol–water partition coefficient (Wildman–Crippen LogP) is 7.59. The Bertz CT molecular complexity index is 1870. The fourth-order valence-corrected chi connectivity index (χ4v) is 6.90. The summed E-state index contributed by atoms with van der Waals surface area (Å²) < 4.78 is 12.8. The third kappa shape index (κ3) is 7.63. The summed E-state index contributed by atoms with van der Waals surface area (Å²) in [6.45, 7) is 9.35. The topological polar surface area (TPSA) is 114 Å². The number of anilines is 2. The van der Waals surface area contributed by atoms with Crippen molar-refractivity contribution >= 4 is 44.9 Å². The number of Topliss-reactive ketones (excluding diaryl/α,β-unsaturated/α-hetero) is 1. The molecule has 9 heteroatoms. The van der Waals surface area contributed by atoms with Crippen LogP contribution >= 0.6 is 15.9 Å². The first kappa shape index (κ1) is 34.9. The lowest BCUT2D eigenvalue weighted by molar-refractivity contribution is -0.150. The Morgan fingerprint density at radius 3 is 2.08 bits per heavy atom. The van der Waals surface area contributed by atoms with E-state index in [4.69, 9.17) is 9.47 Å². The first-order valence-corrected chi connectivity index (χ1v) is 16.6. The second kappa shape index (κ2) is 14.3. The van der Waals surface area contributed by atoms with Gasteiger partial charge in [-0.2, -0.15) is 0 Å². The minimum Gasteiger partial charge on any atom is -0.493 e. The molecule has 0 aliphatic heterocycles. The van der Waals surface area contributed by atoms with Gasteiger partial charge in [-0.05, 0) is 104 Å². The molecule has 1 saturated carbocycles. The lowest BCUT2D eigenvalue weighted by atomic mass is 9.61. The van der Waals surface area contributed by atoms with Gasteiger partial charge in [0.1, 0.15) is 18.3 Å². The molecule has 0 bridgehead atoms. The third-order valence-electron chi connectivity index (χ3n) is 8.99. The van der Waals surface area contributed by atoms with Gasteiger partial charge in [0, 0.05) is 28.2 Å². The van der Waals surface area contributed by atoms with E-state index in [0.717, 1.165) is 32.3 Å². The van der Waals surface area contributed by atoms with Crippen molar-refractivity contribution in [3.05, 3.63) is 117 Å². The first-order chi connectivity index (χ1) is 22.8. The Kier molecular flexibility index (Phi) is 10.4. The molecule has 0 aromatic heterocycles. The molecule has 4 aromatic rings. The SMILES string of the molecule is COc1cc(C2C(C(=O)Nc3cc(C)ccc3C)C(=O)CC(C)(O)C2C(=O)Nc2cc(C)ccc2C)ccc1OCc1cccc(Br)c1. The van der Waals surface area contributed by atoms with Gasteiger partial charge < -0.3 is 25.2 Å². The van der Waals surface area contributed by atoms with Gasteiger partial charge in [-0.1, -0.05) is 58.4 Å². The number of rotatable bonds is 9. The molecule has 3 N–H and O–H groups in total. The molecule has 0 spiro atoms. The number of ketones is 1. The van der Waals surface area contributed by atoms with E-state index in [0.29, 0.717) is 28.4 Å². The molecule has 4 aromatic carbocycles. The lowest BCUT2D eigenvalue weighted by Gasteiger charge is -2.44. The number of halogens is 1. The number of carbonyl (C=O) groups is 3. The van der Waals surface area contributed by atoms with Crippen molar-refractivity contribution in [2.24, 2.45) is 11.8 Å². The highest BCUT2D eigenvalue weighted by Crippen LogP contribution is 2.48. The molecule has 48 heavy (non-hydrogen) atoms. The summed E-state index contributed by atoms with van der Waals surface area (Å²) in [5, 5.41) is 17.8. The van der Waals surface area contributed by atoms with Crippen LogP contribution in [0.3, 0.4) is 0 Å². The van der Waals surface area contributed by atoms with Gasteiger partial charge in [0.15, 0.2) is 11.5 Å². The van der Waals surface area contributed by atoms with Crippen molar-refractivity contribution < 1.29 is 29.0 Å². The zero-order valence-corrected chi connectivity index (χ0v) is 29.6. The van der Waals surface area contributed by atoms with Crippen molar-refractivity contribution in [3.8, 4) is 11.5 Å². The van der Waals surface area contributed by atoms with Crippen LogP contribution in [0.1, 0.15) is 52.6 Å². The van der Waals surface area contributed by atoms with Crippen molar-refractivity contribution in [2.45, 2.75) is 59.2 Å². The zero-order valence-electron chi connectivity index (χ0n) is 28.0. The summed E-state index contributed by atoms with van der Waals surface area (Å²) >= 11 is 3.48. The van der Waals surface area contributed by atoms with Crippen molar-refractivity contribution in [2.75, 3.05) is 17.7 Å². The van der Waals surface area contributed by atoms with E-state index < -0.39 is 41.0 Å². The van der Waals surface area contributed by atoms with E-state index in [1.165, 1.54) is 14.0 Å². The quantitative estimate of drug-likeness (QED) is 0.154. The Hall–Kier alpha value is -4.47. The lowest BCUT2D eigenvalue weighted by Crippen LogP contribution is -2.56. The summed E-state index contributed by atoms with van der Waals surface area (Å²) in [4.78, 5) is 42.4. The number of ether oxygens (including phenoxy) is 2. The number of aryl methyl sites for hydroxylation is 4. The van der Waals surface area contributed by atoms with Crippen LogP contribution in [-0.2, 0) is 21.0 Å². The van der Waals surface area contributed by atoms with E-state index >= 15 is 0 Å². The van der Waals surface area contributed by atoms with Crippen LogP contribution in [0.25, 0.3) is 0 Å². The maximum atomic E-state index is 14.3. The minimum atomic E-state index is -1.76. The van der Waals surface area contributed by atoms with E-state index in [9.17, 15) is 19.5 Å². The average molecular weight is 714 g/mol. The highest BCUT2D eigenvalue weighted by Gasteiger charge is 2.56. The predicted molar refractivity (Wildman–Crippen MR) is 191 cm³/mol. The van der Waals surface area contributed by atoms with Crippen LogP contribution in [0.5, 0.6) is 11.5 Å². The molecular formula is C39H41BrN2O6. The standard InChI is InChI=1S/C39H41BrN2O6/c1-22-10-12-24(3)29(16-22)41-37(44)35-31(43)20-39(5,46)36(38(45)42-30-17-23(2)11-13-25(30)4)34(35)27-14-15-32(33(19-27)47-6)48-21-26-8-7-9-28(40)18-26/h7-19,34-36,46H,20-21H2,1-6H3,(H,41,44)(H,42,45). The summed E-state index contributed by atoms with van der Waals surface area (Å²) in [6.07, 6.45) is -0.371. The fourth-order valence-electron chi connectivity index (χ4n) is 6.45. The molecule has 4 unspecified atom stereocenters. The summed E-state index contributed by atoms with van der Waals surface area (Å²) in [5.74, 6) is -4.19. The van der Waals surface area contributed by atoms with E-state index in [1.54, 1.807) is 18.2 Å². The van der Waals surface area contributed by atoms with Gasteiger partial charge in [-0.15, -0.1) is 0 Å². The number of carbonyl (C=O) groups excluding carboxylic acids is 3. The first-order valence-electron chi connectivity index (χ1n) is 15.8. The molecule has 0 saturated heterocycles.